The van der Waals surface area contributed by atoms with Crippen molar-refractivity contribution in [3.63, 3.8) is 0 Å². The average molecular weight is 342 g/mol. The molecule has 0 aromatic heterocycles. The maximum Gasteiger partial charge on any atom is 0.261 e. The van der Waals surface area contributed by atoms with Gasteiger partial charge >= 0.3 is 0 Å². The van der Waals surface area contributed by atoms with Crippen LogP contribution in [0.15, 0.2) is 61.2 Å². The smallest absolute Gasteiger partial charge is 0.261 e. The normalized spacial score (nSPS) is 9.71. The second-order valence-electron chi connectivity index (χ2n) is 4.74. The summed E-state index contributed by atoms with van der Waals surface area (Å²) < 4.78 is 10.6. The number of hydrogen-bond acceptors (Lipinski definition) is 4. The van der Waals surface area contributed by atoms with Gasteiger partial charge in [-0.1, -0.05) is 30.9 Å². The highest BCUT2D eigenvalue weighted by atomic mass is 32.1. The molecule has 6 heteroatoms. The molecule has 0 unspecified atom stereocenters. The molecule has 0 aliphatic carbocycles. The van der Waals surface area contributed by atoms with Gasteiger partial charge in [-0.05, 0) is 36.5 Å². The molecule has 0 aliphatic heterocycles. The first-order valence-corrected chi connectivity index (χ1v) is 7.64. The molecule has 2 N–H and O–H groups in total. The van der Waals surface area contributed by atoms with Crippen LogP contribution in [0.3, 0.4) is 0 Å². The van der Waals surface area contributed by atoms with Gasteiger partial charge in [-0.15, -0.1) is 0 Å². The zero-order valence-corrected chi connectivity index (χ0v) is 14.1. The molecule has 0 aliphatic rings. The third-order valence-corrected chi connectivity index (χ3v) is 3.24. The third kappa shape index (κ3) is 4.82. The third-order valence-electron chi connectivity index (χ3n) is 3.04. The molecule has 2 aromatic rings. The molecule has 0 saturated carbocycles. The quantitative estimate of drug-likeness (QED) is 0.622. The van der Waals surface area contributed by atoms with E-state index in [-0.39, 0.29) is 11.0 Å². The van der Waals surface area contributed by atoms with Gasteiger partial charge in [-0.3, -0.25) is 10.1 Å². The molecule has 0 fully saturated rings. The number of carbonyl (C=O) groups excluding carboxylic acids is 1. The highest BCUT2D eigenvalue weighted by molar-refractivity contribution is 7.80. The molecule has 2 rings (SSSR count). The molecule has 124 valence electrons. The Morgan fingerprint density at radius 3 is 2.79 bits per heavy atom. The van der Waals surface area contributed by atoms with Crippen molar-refractivity contribution in [2.45, 2.75) is 0 Å². The molecule has 0 atom stereocenters. The van der Waals surface area contributed by atoms with Crippen LogP contribution in [0.5, 0.6) is 11.5 Å². The summed E-state index contributed by atoms with van der Waals surface area (Å²) in [4.78, 5) is 12.3. The zero-order chi connectivity index (χ0) is 17.4. The number of rotatable bonds is 6. The summed E-state index contributed by atoms with van der Waals surface area (Å²) >= 11 is 5.18. The zero-order valence-electron chi connectivity index (χ0n) is 13.2. The summed E-state index contributed by atoms with van der Waals surface area (Å²) in [6.45, 7) is 4.02. The lowest BCUT2D eigenvalue weighted by Crippen LogP contribution is -2.34. The van der Waals surface area contributed by atoms with E-state index in [1.54, 1.807) is 36.4 Å². The second kappa shape index (κ2) is 8.69. The fourth-order valence-electron chi connectivity index (χ4n) is 1.98. The van der Waals surface area contributed by atoms with E-state index in [2.05, 4.69) is 17.2 Å². The highest BCUT2D eigenvalue weighted by Gasteiger charge is 2.12. The summed E-state index contributed by atoms with van der Waals surface area (Å²) in [5, 5.41) is 5.76. The van der Waals surface area contributed by atoms with Gasteiger partial charge < -0.3 is 14.8 Å². The number of carbonyl (C=O) groups is 1. The van der Waals surface area contributed by atoms with Gasteiger partial charge in [0.1, 0.15) is 18.1 Å². The van der Waals surface area contributed by atoms with E-state index in [0.29, 0.717) is 29.4 Å². The number of benzene rings is 2. The Bertz CT molecular complexity index is 747. The summed E-state index contributed by atoms with van der Waals surface area (Å²) in [5.74, 6) is 0.820. The maximum atomic E-state index is 12.3. The van der Waals surface area contributed by atoms with Crippen LogP contribution in [0.1, 0.15) is 10.4 Å². The van der Waals surface area contributed by atoms with E-state index < -0.39 is 0 Å². The van der Waals surface area contributed by atoms with Crippen molar-refractivity contribution in [2.24, 2.45) is 0 Å². The summed E-state index contributed by atoms with van der Waals surface area (Å²) in [5.41, 5.74) is 1.12. The Balaban J connectivity index is 2.00. The summed E-state index contributed by atoms with van der Waals surface area (Å²) in [6, 6.07) is 14.2. The van der Waals surface area contributed by atoms with Crippen molar-refractivity contribution in [1.29, 1.82) is 0 Å². The lowest BCUT2D eigenvalue weighted by atomic mass is 10.2. The van der Waals surface area contributed by atoms with Crippen LogP contribution >= 0.6 is 12.2 Å². The number of thiocarbonyl (C=S) groups is 1. The Morgan fingerprint density at radius 1 is 1.25 bits per heavy atom. The topological polar surface area (TPSA) is 59.6 Å². The number of methoxy groups -OCH3 is 1. The molecule has 0 bridgehead atoms. The molecule has 1 amide bonds. The van der Waals surface area contributed by atoms with Gasteiger partial charge in [-0.25, -0.2) is 0 Å². The number of amides is 1. The summed E-state index contributed by atoms with van der Waals surface area (Å²) in [6.07, 6.45) is 1.66. The van der Waals surface area contributed by atoms with Gasteiger partial charge in [0.25, 0.3) is 5.91 Å². The first-order chi connectivity index (χ1) is 11.6. The van der Waals surface area contributed by atoms with E-state index >= 15 is 0 Å². The van der Waals surface area contributed by atoms with Crippen molar-refractivity contribution in [3.8, 4) is 11.5 Å². The van der Waals surface area contributed by atoms with E-state index in [1.165, 1.54) is 7.11 Å². The van der Waals surface area contributed by atoms with Gasteiger partial charge in [0.15, 0.2) is 5.11 Å². The predicted molar refractivity (Wildman–Crippen MR) is 98.8 cm³/mol. The van der Waals surface area contributed by atoms with Crippen molar-refractivity contribution in [3.05, 3.63) is 66.7 Å². The van der Waals surface area contributed by atoms with Crippen molar-refractivity contribution in [1.82, 2.24) is 5.32 Å². The molecule has 0 heterocycles. The predicted octanol–water partition coefficient (Wildman–Crippen LogP) is 3.39. The first kappa shape index (κ1) is 17.5. The van der Waals surface area contributed by atoms with E-state index in [0.717, 1.165) is 0 Å². The Hall–Kier alpha value is -2.86. The molecule has 0 spiro atoms. The fraction of sp³-hybridized carbons (Fsp3) is 0.111. The van der Waals surface area contributed by atoms with Crippen molar-refractivity contribution < 1.29 is 14.3 Å². The molecule has 5 nitrogen and oxygen atoms in total. The van der Waals surface area contributed by atoms with Crippen LogP contribution in [0.2, 0.25) is 0 Å². The number of nitrogens with one attached hydrogen (secondary N) is 2. The van der Waals surface area contributed by atoms with E-state index in [1.807, 2.05) is 18.2 Å². The van der Waals surface area contributed by atoms with E-state index in [4.69, 9.17) is 21.7 Å². The number of anilines is 1. The second-order valence-corrected chi connectivity index (χ2v) is 5.14. The number of para-hydroxylation sites is 1. The van der Waals surface area contributed by atoms with Crippen LogP contribution < -0.4 is 20.1 Å². The van der Waals surface area contributed by atoms with Crippen LogP contribution in [0.25, 0.3) is 0 Å². The standard InChI is InChI=1S/C18H18N2O3S/c1-3-11-23-14-8-6-7-13(12-14)19-18(24)20-17(21)15-9-4-5-10-16(15)22-2/h3-10,12H,1,11H2,2H3,(H2,19,20,21,24). The van der Waals surface area contributed by atoms with Crippen LogP contribution in [0.4, 0.5) is 5.69 Å². The minimum absolute atomic E-state index is 0.187. The first-order valence-electron chi connectivity index (χ1n) is 7.23. The molecule has 24 heavy (non-hydrogen) atoms. The molecular formula is C18H18N2O3S. The Labute approximate surface area is 146 Å². The van der Waals surface area contributed by atoms with Crippen molar-refractivity contribution >= 4 is 28.9 Å². The highest BCUT2D eigenvalue weighted by Crippen LogP contribution is 2.18. The SMILES string of the molecule is C=CCOc1cccc(NC(=S)NC(=O)c2ccccc2OC)c1. The molecule has 0 radical (unpaired) electrons. The molecule has 2 aromatic carbocycles. The maximum absolute atomic E-state index is 12.3. The average Bonchev–Trinajstić information content (AvgIpc) is 2.60. The monoisotopic (exact) mass is 342 g/mol. The lowest BCUT2D eigenvalue weighted by molar-refractivity contribution is 0.0975. The largest absolute Gasteiger partial charge is 0.496 e. The fourth-order valence-corrected chi connectivity index (χ4v) is 2.19. The van der Waals surface area contributed by atoms with Crippen molar-refractivity contribution in [2.75, 3.05) is 19.0 Å². The van der Waals surface area contributed by atoms with E-state index in [9.17, 15) is 4.79 Å². The summed E-state index contributed by atoms with van der Waals surface area (Å²) in [7, 11) is 1.51. The van der Waals surface area contributed by atoms with Crippen LogP contribution in [-0.4, -0.2) is 24.7 Å². The number of hydrogen-bond donors (Lipinski definition) is 2. The van der Waals surface area contributed by atoms with Crippen LogP contribution in [0, 0.1) is 0 Å². The van der Waals surface area contributed by atoms with Gasteiger partial charge in [0.05, 0.1) is 12.7 Å². The lowest BCUT2D eigenvalue weighted by Gasteiger charge is -2.12. The van der Waals surface area contributed by atoms with Crippen LogP contribution in [-0.2, 0) is 0 Å². The Morgan fingerprint density at radius 2 is 2.04 bits per heavy atom. The number of ether oxygens (including phenoxy) is 2. The molecule has 0 saturated heterocycles. The van der Waals surface area contributed by atoms with Gasteiger partial charge in [-0.2, -0.15) is 0 Å². The van der Waals surface area contributed by atoms with Gasteiger partial charge in [0.2, 0.25) is 0 Å². The van der Waals surface area contributed by atoms with Gasteiger partial charge in [0, 0.05) is 11.8 Å². The minimum atomic E-state index is -0.344. The molecular weight excluding hydrogens is 324 g/mol. The Kier molecular flexibility index (Phi) is 6.33. The minimum Gasteiger partial charge on any atom is -0.496 e.